The van der Waals surface area contributed by atoms with E-state index in [-0.39, 0.29) is 18.3 Å². The zero-order valence-electron chi connectivity index (χ0n) is 15.0. The van der Waals surface area contributed by atoms with E-state index >= 15 is 0 Å². The number of nitrogens with one attached hydrogen (secondary N) is 1. The molecular formula is C19H28BrClN2O2. The fourth-order valence-corrected chi connectivity index (χ4v) is 3.75. The summed E-state index contributed by atoms with van der Waals surface area (Å²) < 4.78 is 6.77. The van der Waals surface area contributed by atoms with Crippen LogP contribution in [0.3, 0.4) is 0 Å². The summed E-state index contributed by atoms with van der Waals surface area (Å²) in [6.45, 7) is 6.67. The first kappa shape index (κ1) is 20.5. The van der Waals surface area contributed by atoms with Crippen molar-refractivity contribution >= 4 is 34.2 Å². The third kappa shape index (κ3) is 5.87. The maximum absolute atomic E-state index is 12.6. The lowest BCUT2D eigenvalue weighted by Crippen LogP contribution is -2.48. The average Bonchev–Trinajstić information content (AvgIpc) is 3.39. The Hall–Kier alpha value is -0.780. The standard InChI is InChI=1S/C19H27BrN2O2.ClH/c1-13-3-6-18(17(20)11-13)24-14(2)19(23)22-9-7-16(8-10-22)21-12-15-4-5-15;/h3,6,11,14-16,21H,4-5,7-10,12H2,1-2H3;1H. The lowest BCUT2D eigenvalue weighted by Gasteiger charge is -2.34. The molecule has 2 aliphatic rings. The van der Waals surface area contributed by atoms with Crippen LogP contribution in [0.15, 0.2) is 22.7 Å². The van der Waals surface area contributed by atoms with Crippen molar-refractivity contribution in [3.8, 4) is 5.75 Å². The van der Waals surface area contributed by atoms with Crippen molar-refractivity contribution < 1.29 is 9.53 Å². The number of piperidine rings is 1. The summed E-state index contributed by atoms with van der Waals surface area (Å²) in [5.74, 6) is 1.72. The van der Waals surface area contributed by atoms with Gasteiger partial charge in [0.2, 0.25) is 0 Å². The summed E-state index contributed by atoms with van der Waals surface area (Å²) in [5.41, 5.74) is 1.16. The average molecular weight is 432 g/mol. The van der Waals surface area contributed by atoms with Crippen molar-refractivity contribution in [2.45, 2.75) is 51.7 Å². The molecule has 0 radical (unpaired) electrons. The highest BCUT2D eigenvalue weighted by molar-refractivity contribution is 9.10. The summed E-state index contributed by atoms with van der Waals surface area (Å²) in [5, 5.41) is 3.65. The van der Waals surface area contributed by atoms with Gasteiger partial charge in [0, 0.05) is 19.1 Å². The van der Waals surface area contributed by atoms with Crippen molar-refractivity contribution in [1.29, 1.82) is 0 Å². The number of nitrogens with zero attached hydrogens (tertiary/aromatic N) is 1. The van der Waals surface area contributed by atoms with Gasteiger partial charge in [0.25, 0.3) is 5.91 Å². The highest BCUT2D eigenvalue weighted by Crippen LogP contribution is 2.28. The predicted octanol–water partition coefficient (Wildman–Crippen LogP) is 3.94. The van der Waals surface area contributed by atoms with Crippen molar-refractivity contribution in [2.75, 3.05) is 19.6 Å². The third-order valence-corrected chi connectivity index (χ3v) is 5.56. The number of hydrogen-bond donors (Lipinski definition) is 1. The van der Waals surface area contributed by atoms with E-state index in [2.05, 4.69) is 21.2 Å². The van der Waals surface area contributed by atoms with E-state index in [1.807, 2.05) is 36.9 Å². The minimum Gasteiger partial charge on any atom is -0.480 e. The summed E-state index contributed by atoms with van der Waals surface area (Å²) in [6, 6.07) is 6.48. The molecule has 2 fully saturated rings. The van der Waals surface area contributed by atoms with Gasteiger partial charge in [0.1, 0.15) is 5.75 Å². The molecule has 1 amide bonds. The molecule has 3 rings (SSSR count). The predicted molar refractivity (Wildman–Crippen MR) is 107 cm³/mol. The van der Waals surface area contributed by atoms with Gasteiger partial charge in [-0.2, -0.15) is 0 Å². The van der Waals surface area contributed by atoms with Crippen LogP contribution in [0, 0.1) is 12.8 Å². The fraction of sp³-hybridized carbons (Fsp3) is 0.632. The molecule has 1 unspecified atom stereocenters. The van der Waals surface area contributed by atoms with Crippen LogP contribution in [0.2, 0.25) is 0 Å². The number of benzene rings is 1. The van der Waals surface area contributed by atoms with Crippen molar-refractivity contribution in [1.82, 2.24) is 10.2 Å². The second-order valence-electron chi connectivity index (χ2n) is 7.15. The second-order valence-corrected chi connectivity index (χ2v) is 8.00. The van der Waals surface area contributed by atoms with Crippen LogP contribution < -0.4 is 10.1 Å². The molecule has 1 atom stereocenters. The van der Waals surface area contributed by atoms with Gasteiger partial charge in [0.15, 0.2) is 6.10 Å². The number of rotatable bonds is 6. The Bertz CT molecular complexity index is 587. The normalized spacial score (nSPS) is 19.2. The van der Waals surface area contributed by atoms with Gasteiger partial charge in [-0.05, 0) is 85.6 Å². The number of hydrogen-bond acceptors (Lipinski definition) is 3. The molecule has 0 aromatic heterocycles. The molecule has 1 aromatic carbocycles. The van der Waals surface area contributed by atoms with Gasteiger partial charge >= 0.3 is 0 Å². The fourth-order valence-electron chi connectivity index (χ4n) is 3.16. The molecule has 1 aromatic rings. The first-order valence-corrected chi connectivity index (χ1v) is 9.77. The lowest BCUT2D eigenvalue weighted by atomic mass is 10.0. The van der Waals surface area contributed by atoms with Gasteiger partial charge in [-0.25, -0.2) is 0 Å². The van der Waals surface area contributed by atoms with Crippen LogP contribution in [0.25, 0.3) is 0 Å². The van der Waals surface area contributed by atoms with E-state index in [1.165, 1.54) is 12.8 Å². The van der Waals surface area contributed by atoms with E-state index < -0.39 is 6.10 Å². The van der Waals surface area contributed by atoms with Crippen LogP contribution in [0.4, 0.5) is 0 Å². The molecule has 1 saturated carbocycles. The zero-order valence-corrected chi connectivity index (χ0v) is 17.4. The van der Waals surface area contributed by atoms with Gasteiger partial charge in [-0.3, -0.25) is 4.79 Å². The first-order valence-electron chi connectivity index (χ1n) is 8.98. The maximum atomic E-state index is 12.6. The number of carbonyl (C=O) groups is 1. The van der Waals surface area contributed by atoms with Crippen LogP contribution in [-0.4, -0.2) is 42.6 Å². The molecule has 25 heavy (non-hydrogen) atoms. The van der Waals surface area contributed by atoms with Crippen molar-refractivity contribution in [2.24, 2.45) is 5.92 Å². The van der Waals surface area contributed by atoms with E-state index in [4.69, 9.17) is 4.74 Å². The van der Waals surface area contributed by atoms with Crippen LogP contribution in [0.5, 0.6) is 5.75 Å². The Morgan fingerprint density at radius 3 is 2.60 bits per heavy atom. The SMILES string of the molecule is Cc1ccc(OC(C)C(=O)N2CCC(NCC3CC3)CC2)c(Br)c1.Cl. The number of ether oxygens (including phenoxy) is 1. The van der Waals surface area contributed by atoms with E-state index in [1.54, 1.807) is 0 Å². The molecule has 0 bridgehead atoms. The van der Waals surface area contributed by atoms with E-state index in [9.17, 15) is 4.79 Å². The zero-order chi connectivity index (χ0) is 17.1. The molecule has 1 N–H and O–H groups in total. The van der Waals surface area contributed by atoms with Gasteiger partial charge < -0.3 is 15.0 Å². The molecule has 1 aliphatic heterocycles. The molecule has 0 spiro atoms. The molecule has 1 saturated heterocycles. The highest BCUT2D eigenvalue weighted by atomic mass is 79.9. The Morgan fingerprint density at radius 1 is 1.32 bits per heavy atom. The summed E-state index contributed by atoms with van der Waals surface area (Å²) in [4.78, 5) is 14.6. The molecule has 4 nitrogen and oxygen atoms in total. The minimum atomic E-state index is -0.458. The Morgan fingerprint density at radius 2 is 2.00 bits per heavy atom. The monoisotopic (exact) mass is 430 g/mol. The largest absolute Gasteiger partial charge is 0.480 e. The minimum absolute atomic E-state index is 0. The molecule has 1 aliphatic carbocycles. The first-order chi connectivity index (χ1) is 11.5. The third-order valence-electron chi connectivity index (χ3n) is 4.94. The molecule has 6 heteroatoms. The quantitative estimate of drug-likeness (QED) is 0.742. The molecule has 1 heterocycles. The Labute approximate surface area is 165 Å². The summed E-state index contributed by atoms with van der Waals surface area (Å²) >= 11 is 3.50. The van der Waals surface area contributed by atoms with Crippen LogP contribution in [-0.2, 0) is 4.79 Å². The topological polar surface area (TPSA) is 41.6 Å². The van der Waals surface area contributed by atoms with Crippen molar-refractivity contribution in [3.63, 3.8) is 0 Å². The van der Waals surface area contributed by atoms with E-state index in [0.29, 0.717) is 6.04 Å². The van der Waals surface area contributed by atoms with Gasteiger partial charge in [0.05, 0.1) is 4.47 Å². The Kier molecular flexibility index (Phi) is 7.59. The number of likely N-dealkylation sites (tertiary alicyclic amines) is 1. The van der Waals surface area contributed by atoms with Crippen LogP contribution >= 0.6 is 28.3 Å². The lowest BCUT2D eigenvalue weighted by molar-refractivity contribution is -0.139. The van der Waals surface area contributed by atoms with E-state index in [0.717, 1.165) is 54.2 Å². The Balaban J connectivity index is 0.00000225. The molecular weight excluding hydrogens is 404 g/mol. The van der Waals surface area contributed by atoms with Crippen molar-refractivity contribution in [3.05, 3.63) is 28.2 Å². The van der Waals surface area contributed by atoms with Gasteiger partial charge in [-0.1, -0.05) is 6.07 Å². The number of halogens is 2. The number of amides is 1. The van der Waals surface area contributed by atoms with Crippen LogP contribution in [0.1, 0.15) is 38.2 Å². The summed E-state index contributed by atoms with van der Waals surface area (Å²) in [6.07, 6.45) is 4.39. The maximum Gasteiger partial charge on any atom is 0.263 e. The smallest absolute Gasteiger partial charge is 0.263 e. The van der Waals surface area contributed by atoms with Gasteiger partial charge in [-0.15, -0.1) is 12.4 Å². The number of carbonyl (C=O) groups excluding carboxylic acids is 1. The summed E-state index contributed by atoms with van der Waals surface area (Å²) in [7, 11) is 0. The highest BCUT2D eigenvalue weighted by Gasteiger charge is 2.28. The number of aryl methyl sites for hydroxylation is 1. The molecule has 140 valence electrons. The second kappa shape index (κ2) is 9.24.